The summed E-state index contributed by atoms with van der Waals surface area (Å²) in [5, 5.41) is 3.24. The number of anilines is 2. The topological polar surface area (TPSA) is 63.8 Å². The lowest BCUT2D eigenvalue weighted by molar-refractivity contribution is 1.02. The molecule has 2 rings (SSSR count). The second-order valence-electron chi connectivity index (χ2n) is 3.58. The first-order valence-electron chi connectivity index (χ1n) is 5.11. The molecule has 0 aliphatic heterocycles. The molecule has 2 aromatic rings. The van der Waals surface area contributed by atoms with Crippen molar-refractivity contribution in [3.05, 3.63) is 48.0 Å². The summed E-state index contributed by atoms with van der Waals surface area (Å²) in [6, 6.07) is 5.83. The molecule has 0 fully saturated rings. The molecule has 0 saturated heterocycles. The molecule has 0 radical (unpaired) electrons. The maximum atomic E-state index is 5.78. The molecule has 16 heavy (non-hydrogen) atoms. The van der Waals surface area contributed by atoms with Gasteiger partial charge in [-0.3, -0.25) is 9.97 Å². The van der Waals surface area contributed by atoms with E-state index < -0.39 is 0 Å². The first kappa shape index (κ1) is 10.4. The maximum Gasteiger partial charge on any atom is 0.0736 e. The molecular weight excluding hydrogens is 200 g/mol. The minimum absolute atomic E-state index is 0.649. The lowest BCUT2D eigenvalue weighted by atomic mass is 10.2. The second-order valence-corrected chi connectivity index (χ2v) is 3.58. The summed E-state index contributed by atoms with van der Waals surface area (Å²) in [6.45, 7) is 2.71. The number of rotatable bonds is 3. The number of hydrogen-bond donors (Lipinski definition) is 2. The number of aromatic nitrogens is 2. The molecule has 2 aromatic heterocycles. The van der Waals surface area contributed by atoms with Gasteiger partial charge in [-0.1, -0.05) is 6.07 Å². The molecule has 2 heterocycles. The first-order chi connectivity index (χ1) is 7.77. The van der Waals surface area contributed by atoms with Gasteiger partial charge in [0.15, 0.2) is 0 Å². The van der Waals surface area contributed by atoms with Crippen LogP contribution in [0.15, 0.2) is 36.8 Å². The Morgan fingerprint density at radius 1 is 1.31 bits per heavy atom. The van der Waals surface area contributed by atoms with Crippen LogP contribution in [0.4, 0.5) is 11.4 Å². The Bertz CT molecular complexity index is 436. The van der Waals surface area contributed by atoms with E-state index in [-0.39, 0.29) is 0 Å². The smallest absolute Gasteiger partial charge is 0.0736 e. The predicted octanol–water partition coefficient (Wildman–Crippen LogP) is 1.98. The number of hydrogen-bond acceptors (Lipinski definition) is 4. The Labute approximate surface area is 94.5 Å². The van der Waals surface area contributed by atoms with E-state index in [0.717, 1.165) is 11.4 Å². The van der Waals surface area contributed by atoms with Crippen LogP contribution in [0.2, 0.25) is 0 Å². The number of pyridine rings is 2. The van der Waals surface area contributed by atoms with Crippen LogP contribution in [0, 0.1) is 6.92 Å². The fourth-order valence-electron chi connectivity index (χ4n) is 1.45. The van der Waals surface area contributed by atoms with E-state index >= 15 is 0 Å². The van der Waals surface area contributed by atoms with Crippen LogP contribution in [0.3, 0.4) is 0 Å². The Morgan fingerprint density at radius 3 is 2.94 bits per heavy atom. The minimum atomic E-state index is 0.649. The predicted molar refractivity (Wildman–Crippen MR) is 65.0 cm³/mol. The van der Waals surface area contributed by atoms with Crippen molar-refractivity contribution in [1.82, 2.24) is 9.97 Å². The average Bonchev–Trinajstić information content (AvgIpc) is 2.30. The van der Waals surface area contributed by atoms with Crippen molar-refractivity contribution in [1.29, 1.82) is 0 Å². The molecule has 0 aromatic carbocycles. The van der Waals surface area contributed by atoms with Gasteiger partial charge in [-0.25, -0.2) is 0 Å². The summed E-state index contributed by atoms with van der Waals surface area (Å²) in [7, 11) is 0. The van der Waals surface area contributed by atoms with Gasteiger partial charge in [0.2, 0.25) is 0 Å². The number of nitrogens with zero attached hydrogens (tertiary/aromatic N) is 2. The lowest BCUT2D eigenvalue weighted by Gasteiger charge is -2.09. The van der Waals surface area contributed by atoms with E-state index in [1.54, 1.807) is 18.6 Å². The number of nitrogen functional groups attached to an aromatic ring is 1. The fourth-order valence-corrected chi connectivity index (χ4v) is 1.45. The monoisotopic (exact) mass is 214 g/mol. The zero-order valence-electron chi connectivity index (χ0n) is 9.14. The third kappa shape index (κ3) is 2.28. The summed E-state index contributed by atoms with van der Waals surface area (Å²) in [5.74, 6) is 0. The van der Waals surface area contributed by atoms with Gasteiger partial charge in [0, 0.05) is 12.4 Å². The van der Waals surface area contributed by atoms with E-state index in [0.29, 0.717) is 12.2 Å². The van der Waals surface area contributed by atoms with Crippen molar-refractivity contribution in [2.45, 2.75) is 13.5 Å². The Balaban J connectivity index is 2.09. The molecule has 0 amide bonds. The highest BCUT2D eigenvalue weighted by Crippen LogP contribution is 2.16. The van der Waals surface area contributed by atoms with Crippen molar-refractivity contribution in [2.75, 3.05) is 11.1 Å². The zero-order chi connectivity index (χ0) is 11.4. The molecule has 3 N–H and O–H groups in total. The summed E-state index contributed by atoms with van der Waals surface area (Å²) in [4.78, 5) is 8.24. The standard InChI is InChI=1S/C12H14N4/c1-9-3-2-5-15-12(9)8-16-11-4-6-14-7-10(11)13/h2-7H,8,13H2,1H3,(H,14,16). The van der Waals surface area contributed by atoms with Crippen molar-refractivity contribution in [3.8, 4) is 0 Å². The quantitative estimate of drug-likeness (QED) is 0.820. The molecule has 4 heteroatoms. The van der Waals surface area contributed by atoms with Crippen molar-refractivity contribution in [3.63, 3.8) is 0 Å². The van der Waals surface area contributed by atoms with Gasteiger partial charge >= 0.3 is 0 Å². The Hall–Kier alpha value is -2.10. The second kappa shape index (κ2) is 4.61. The Morgan fingerprint density at radius 2 is 2.19 bits per heavy atom. The zero-order valence-corrected chi connectivity index (χ0v) is 9.14. The SMILES string of the molecule is Cc1cccnc1CNc1ccncc1N. The maximum absolute atomic E-state index is 5.78. The van der Waals surface area contributed by atoms with Crippen LogP contribution >= 0.6 is 0 Å². The lowest BCUT2D eigenvalue weighted by Crippen LogP contribution is -2.05. The number of nitrogens with one attached hydrogen (secondary N) is 1. The summed E-state index contributed by atoms with van der Waals surface area (Å²) in [5.41, 5.74) is 9.51. The van der Waals surface area contributed by atoms with Gasteiger partial charge in [0.25, 0.3) is 0 Å². The molecule has 0 bridgehead atoms. The van der Waals surface area contributed by atoms with Gasteiger partial charge in [0.1, 0.15) is 0 Å². The van der Waals surface area contributed by atoms with E-state index in [2.05, 4.69) is 15.3 Å². The molecule has 0 aliphatic rings. The van der Waals surface area contributed by atoms with Crippen LogP contribution < -0.4 is 11.1 Å². The van der Waals surface area contributed by atoms with Gasteiger partial charge in [0.05, 0.1) is 29.8 Å². The van der Waals surface area contributed by atoms with E-state index in [1.807, 2.05) is 25.1 Å². The van der Waals surface area contributed by atoms with Crippen LogP contribution in [0.5, 0.6) is 0 Å². The van der Waals surface area contributed by atoms with Crippen LogP contribution in [0.25, 0.3) is 0 Å². The first-order valence-corrected chi connectivity index (χ1v) is 5.11. The normalized spacial score (nSPS) is 10.1. The van der Waals surface area contributed by atoms with E-state index in [1.165, 1.54) is 5.56 Å². The van der Waals surface area contributed by atoms with Gasteiger partial charge in [-0.2, -0.15) is 0 Å². The van der Waals surface area contributed by atoms with E-state index in [9.17, 15) is 0 Å². The van der Waals surface area contributed by atoms with Gasteiger partial charge in [-0.05, 0) is 24.6 Å². The molecule has 4 nitrogen and oxygen atoms in total. The molecule has 0 spiro atoms. The van der Waals surface area contributed by atoms with Crippen LogP contribution in [-0.2, 0) is 6.54 Å². The van der Waals surface area contributed by atoms with Crippen LogP contribution in [0.1, 0.15) is 11.3 Å². The van der Waals surface area contributed by atoms with E-state index in [4.69, 9.17) is 5.73 Å². The largest absolute Gasteiger partial charge is 0.396 e. The summed E-state index contributed by atoms with van der Waals surface area (Å²) in [6.07, 6.45) is 5.14. The molecule has 0 atom stereocenters. The Kier molecular flexibility index (Phi) is 3.00. The number of nitrogens with two attached hydrogens (primary N) is 1. The number of aryl methyl sites for hydroxylation is 1. The van der Waals surface area contributed by atoms with Crippen LogP contribution in [-0.4, -0.2) is 9.97 Å². The minimum Gasteiger partial charge on any atom is -0.396 e. The molecule has 0 unspecified atom stereocenters. The van der Waals surface area contributed by atoms with Crippen molar-refractivity contribution < 1.29 is 0 Å². The highest BCUT2D eigenvalue weighted by molar-refractivity contribution is 5.64. The van der Waals surface area contributed by atoms with Gasteiger partial charge in [-0.15, -0.1) is 0 Å². The van der Waals surface area contributed by atoms with Crippen molar-refractivity contribution >= 4 is 11.4 Å². The third-order valence-corrected chi connectivity index (χ3v) is 2.42. The van der Waals surface area contributed by atoms with Crippen molar-refractivity contribution in [2.24, 2.45) is 0 Å². The molecule has 82 valence electrons. The highest BCUT2D eigenvalue weighted by Gasteiger charge is 2.00. The highest BCUT2D eigenvalue weighted by atomic mass is 14.9. The summed E-state index contributed by atoms with van der Waals surface area (Å²) >= 11 is 0. The third-order valence-electron chi connectivity index (χ3n) is 2.42. The molecule has 0 saturated carbocycles. The molecule has 0 aliphatic carbocycles. The van der Waals surface area contributed by atoms with Gasteiger partial charge < -0.3 is 11.1 Å². The molecular formula is C12H14N4. The average molecular weight is 214 g/mol. The summed E-state index contributed by atoms with van der Waals surface area (Å²) < 4.78 is 0. The fraction of sp³-hybridized carbons (Fsp3) is 0.167.